The predicted octanol–water partition coefficient (Wildman–Crippen LogP) is 2.26. The van der Waals surface area contributed by atoms with Gasteiger partial charge in [-0.15, -0.1) is 23.5 Å². The summed E-state index contributed by atoms with van der Waals surface area (Å²) >= 11 is 3.75. The van der Waals surface area contributed by atoms with Crippen LogP contribution >= 0.6 is 23.5 Å². The third-order valence-corrected chi connectivity index (χ3v) is 6.98. The van der Waals surface area contributed by atoms with E-state index in [1.165, 1.54) is 0 Å². The van der Waals surface area contributed by atoms with Gasteiger partial charge in [-0.2, -0.15) is 0 Å². The molecule has 0 bridgehead atoms. The van der Waals surface area contributed by atoms with Crippen LogP contribution in [0.15, 0.2) is 12.2 Å². The summed E-state index contributed by atoms with van der Waals surface area (Å²) in [6.07, 6.45) is 4.27. The van der Waals surface area contributed by atoms with Gasteiger partial charge in [0, 0.05) is 5.25 Å². The van der Waals surface area contributed by atoms with Crippen molar-refractivity contribution in [3.63, 3.8) is 0 Å². The molecule has 13 heavy (non-hydrogen) atoms. The van der Waals surface area contributed by atoms with Crippen molar-refractivity contribution in [1.29, 1.82) is 0 Å². The summed E-state index contributed by atoms with van der Waals surface area (Å²) in [6, 6.07) is 0. The Morgan fingerprint density at radius 1 is 1.15 bits per heavy atom. The van der Waals surface area contributed by atoms with Crippen LogP contribution in [0, 0.1) is 5.41 Å². The van der Waals surface area contributed by atoms with Crippen LogP contribution in [-0.4, -0.2) is 25.3 Å². The highest BCUT2D eigenvalue weighted by Crippen LogP contribution is 2.76. The first-order chi connectivity index (χ1) is 5.89. The predicted molar refractivity (Wildman–Crippen MR) is 59.0 cm³/mol. The summed E-state index contributed by atoms with van der Waals surface area (Å²) in [6.45, 7) is 6.88. The van der Waals surface area contributed by atoms with Gasteiger partial charge in [-0.05, 0) is 11.5 Å². The zero-order valence-corrected chi connectivity index (χ0v) is 9.71. The molecule has 0 spiro atoms. The number of fused-ring (bicyclic) bond motifs is 3. The van der Waals surface area contributed by atoms with Gasteiger partial charge in [0.15, 0.2) is 0 Å². The molecule has 0 aromatic rings. The van der Waals surface area contributed by atoms with Crippen molar-refractivity contribution in [2.75, 3.05) is 0 Å². The molecule has 0 aromatic heterocycles. The van der Waals surface area contributed by atoms with E-state index >= 15 is 0 Å². The lowest BCUT2D eigenvalue weighted by Crippen LogP contribution is -2.36. The molecule has 0 radical (unpaired) electrons. The molecule has 0 saturated carbocycles. The van der Waals surface area contributed by atoms with Crippen molar-refractivity contribution >= 4 is 23.5 Å². The minimum absolute atomic E-state index is 0.323. The second kappa shape index (κ2) is 2.00. The van der Waals surface area contributed by atoms with Crippen molar-refractivity contribution in [3.8, 4) is 0 Å². The van der Waals surface area contributed by atoms with Crippen molar-refractivity contribution < 1.29 is 5.11 Å². The fourth-order valence-corrected chi connectivity index (χ4v) is 5.57. The molecule has 2 saturated heterocycles. The smallest absolute Gasteiger partial charge is 0.142 e. The van der Waals surface area contributed by atoms with E-state index in [1.54, 1.807) is 11.8 Å². The Kier molecular flexibility index (Phi) is 1.34. The van der Waals surface area contributed by atoms with Crippen LogP contribution in [0.1, 0.15) is 20.8 Å². The van der Waals surface area contributed by atoms with Crippen molar-refractivity contribution in [2.24, 2.45) is 5.41 Å². The van der Waals surface area contributed by atoms with Gasteiger partial charge in [0.25, 0.3) is 0 Å². The molecule has 4 atom stereocenters. The minimum atomic E-state index is -0.483. The van der Waals surface area contributed by atoms with Crippen molar-refractivity contribution in [1.82, 2.24) is 0 Å². The monoisotopic (exact) mass is 214 g/mol. The van der Waals surface area contributed by atoms with Crippen LogP contribution in [-0.2, 0) is 0 Å². The van der Waals surface area contributed by atoms with Gasteiger partial charge in [-0.25, -0.2) is 0 Å². The molecule has 0 aromatic carbocycles. The number of hydrogen-bond donors (Lipinski definition) is 1. The van der Waals surface area contributed by atoms with Crippen molar-refractivity contribution in [3.05, 3.63) is 12.2 Å². The molecule has 72 valence electrons. The summed E-state index contributed by atoms with van der Waals surface area (Å²) in [5.41, 5.74) is 0.323. The third-order valence-electron chi connectivity index (χ3n) is 3.37. The fraction of sp³-hybridized carbons (Fsp3) is 0.800. The molecule has 2 heterocycles. The molecular formula is C10H14OS2. The highest BCUT2D eigenvalue weighted by atomic mass is 32.2. The summed E-state index contributed by atoms with van der Waals surface area (Å²) < 4.78 is 0.327. The molecule has 3 rings (SSSR count). The minimum Gasteiger partial charge on any atom is -0.375 e. The molecule has 0 amide bonds. The van der Waals surface area contributed by atoms with E-state index in [0.717, 1.165) is 0 Å². The lowest BCUT2D eigenvalue weighted by atomic mass is 9.75. The maximum absolute atomic E-state index is 9.89. The number of aliphatic hydroxyl groups is 1. The maximum Gasteiger partial charge on any atom is 0.142 e. The van der Waals surface area contributed by atoms with Gasteiger partial charge in [-0.1, -0.05) is 26.8 Å². The molecule has 1 nitrogen and oxygen atoms in total. The zero-order chi connectivity index (χ0) is 9.48. The Labute approximate surface area is 87.4 Å². The molecule has 3 heteroatoms. The fourth-order valence-electron chi connectivity index (χ4n) is 2.28. The molecule has 3 aliphatic rings. The van der Waals surface area contributed by atoms with Crippen LogP contribution in [0.4, 0.5) is 0 Å². The third kappa shape index (κ3) is 0.910. The first kappa shape index (κ1) is 8.69. The second-order valence-electron chi connectivity index (χ2n) is 5.21. The van der Waals surface area contributed by atoms with Crippen molar-refractivity contribution in [2.45, 2.75) is 41.0 Å². The van der Waals surface area contributed by atoms with Crippen LogP contribution in [0.3, 0.4) is 0 Å². The Morgan fingerprint density at radius 2 is 1.85 bits per heavy atom. The quantitative estimate of drug-likeness (QED) is 0.493. The van der Waals surface area contributed by atoms with Gasteiger partial charge >= 0.3 is 0 Å². The Balaban J connectivity index is 1.97. The number of hydrogen-bond acceptors (Lipinski definition) is 3. The zero-order valence-electron chi connectivity index (χ0n) is 8.07. The Morgan fingerprint density at radius 3 is 2.46 bits per heavy atom. The number of thioether (sulfide) groups is 2. The summed E-state index contributed by atoms with van der Waals surface area (Å²) in [4.78, 5) is -0.483. The van der Waals surface area contributed by atoms with E-state index in [1.807, 2.05) is 17.8 Å². The first-order valence-corrected chi connectivity index (χ1v) is 6.43. The van der Waals surface area contributed by atoms with Gasteiger partial charge < -0.3 is 5.11 Å². The second-order valence-corrected chi connectivity index (χ2v) is 8.02. The first-order valence-electron chi connectivity index (χ1n) is 4.67. The lowest BCUT2D eigenvalue weighted by molar-refractivity contribution is 0.205. The Hall–Kier alpha value is 0.400. The molecule has 2 fully saturated rings. The largest absolute Gasteiger partial charge is 0.375 e. The highest BCUT2D eigenvalue weighted by Gasteiger charge is 2.75. The Bertz CT molecular complexity index is 307. The van der Waals surface area contributed by atoms with E-state index in [4.69, 9.17) is 0 Å². The normalized spacial score (nSPS) is 56.9. The van der Waals surface area contributed by atoms with Gasteiger partial charge in [0.1, 0.15) is 4.93 Å². The molecular weight excluding hydrogens is 200 g/mol. The maximum atomic E-state index is 9.89. The van der Waals surface area contributed by atoms with Gasteiger partial charge in [0.2, 0.25) is 0 Å². The van der Waals surface area contributed by atoms with Gasteiger partial charge in [0.05, 0.1) is 10.00 Å². The van der Waals surface area contributed by atoms with Crippen LogP contribution in [0.5, 0.6) is 0 Å². The number of rotatable bonds is 0. The summed E-state index contributed by atoms with van der Waals surface area (Å²) in [5, 5.41) is 11.0. The standard InChI is InChI=1S/C10H14OS2/c1-8(2,3)9-4-5-10(11)7(13-10)6(9)12-9/h4-7,11H,1-3H3. The van der Waals surface area contributed by atoms with Crippen LogP contribution < -0.4 is 0 Å². The van der Waals surface area contributed by atoms with E-state index in [9.17, 15) is 5.11 Å². The topological polar surface area (TPSA) is 20.2 Å². The SMILES string of the molecule is CC(C)(C)C12C=CC3(O)SC3C1S2. The van der Waals surface area contributed by atoms with E-state index in [2.05, 4.69) is 26.8 Å². The van der Waals surface area contributed by atoms with Crippen LogP contribution in [0.2, 0.25) is 0 Å². The summed E-state index contributed by atoms with van der Waals surface area (Å²) in [7, 11) is 0. The van der Waals surface area contributed by atoms with E-state index in [-0.39, 0.29) is 0 Å². The summed E-state index contributed by atoms with van der Waals surface area (Å²) in [5.74, 6) is 0. The average molecular weight is 214 g/mol. The molecule has 4 unspecified atom stereocenters. The molecule has 2 aliphatic heterocycles. The van der Waals surface area contributed by atoms with Gasteiger partial charge in [-0.3, -0.25) is 0 Å². The van der Waals surface area contributed by atoms with E-state index in [0.29, 0.717) is 20.7 Å². The van der Waals surface area contributed by atoms with E-state index < -0.39 is 4.93 Å². The average Bonchev–Trinajstić information content (AvgIpc) is 2.73. The molecule has 1 N–H and O–H groups in total. The highest BCUT2D eigenvalue weighted by molar-refractivity contribution is 8.14. The molecule has 1 aliphatic carbocycles. The van der Waals surface area contributed by atoms with Crippen LogP contribution in [0.25, 0.3) is 0 Å². The lowest BCUT2D eigenvalue weighted by Gasteiger charge is -2.29.